The summed E-state index contributed by atoms with van der Waals surface area (Å²) in [6, 6.07) is 0.413. The molecule has 0 bridgehead atoms. The molecule has 3 rings (SSSR count). The van der Waals surface area contributed by atoms with Crippen LogP contribution in [0.3, 0.4) is 0 Å². The van der Waals surface area contributed by atoms with Crippen molar-refractivity contribution in [3.8, 4) is 0 Å². The molecule has 1 saturated heterocycles. The summed E-state index contributed by atoms with van der Waals surface area (Å²) in [6.45, 7) is 0.247. The number of fused-ring (bicyclic) bond motifs is 1. The predicted octanol–water partition coefficient (Wildman–Crippen LogP) is 1.37. The van der Waals surface area contributed by atoms with Gasteiger partial charge in [0.1, 0.15) is 6.54 Å². The number of carbonyl (C=O) groups excluding carboxylic acids is 2. The number of nitrogens with zero attached hydrogens (tertiary/aromatic N) is 1. The van der Waals surface area contributed by atoms with Crippen molar-refractivity contribution < 1.29 is 9.59 Å². The van der Waals surface area contributed by atoms with Crippen LogP contribution < -0.4 is 5.32 Å². The van der Waals surface area contributed by atoms with Gasteiger partial charge in [-0.05, 0) is 32.1 Å². The van der Waals surface area contributed by atoms with E-state index in [1.54, 1.807) is 0 Å². The molecule has 0 spiro atoms. The maximum Gasteiger partial charge on any atom is 0.250 e. The van der Waals surface area contributed by atoms with E-state index in [-0.39, 0.29) is 30.4 Å². The third kappa shape index (κ3) is 2.04. The number of amides is 2. The van der Waals surface area contributed by atoms with Crippen LogP contribution in [0.1, 0.15) is 44.9 Å². The summed E-state index contributed by atoms with van der Waals surface area (Å²) in [5, 5.41) is 3.04. The van der Waals surface area contributed by atoms with Crippen LogP contribution >= 0.6 is 0 Å². The first-order valence-electron chi connectivity index (χ1n) is 7.05. The number of hydrogen-bond acceptors (Lipinski definition) is 2. The van der Waals surface area contributed by atoms with E-state index >= 15 is 0 Å². The van der Waals surface area contributed by atoms with Crippen LogP contribution in [0.25, 0.3) is 0 Å². The minimum Gasteiger partial charge on any atom is -0.350 e. The second kappa shape index (κ2) is 4.75. The van der Waals surface area contributed by atoms with E-state index < -0.39 is 0 Å². The first kappa shape index (κ1) is 11.8. The van der Waals surface area contributed by atoms with Crippen molar-refractivity contribution in [2.24, 2.45) is 0 Å². The monoisotopic (exact) mass is 248 g/mol. The van der Waals surface area contributed by atoms with E-state index in [9.17, 15) is 9.59 Å². The molecule has 3 aliphatic rings. The molecule has 4 nitrogen and oxygen atoms in total. The zero-order valence-corrected chi connectivity index (χ0v) is 10.7. The van der Waals surface area contributed by atoms with Gasteiger partial charge < -0.3 is 10.2 Å². The van der Waals surface area contributed by atoms with Crippen molar-refractivity contribution in [2.75, 3.05) is 6.54 Å². The number of piperazine rings is 1. The summed E-state index contributed by atoms with van der Waals surface area (Å²) in [5.41, 5.74) is 0.925. The highest BCUT2D eigenvalue weighted by Crippen LogP contribution is 2.28. The summed E-state index contributed by atoms with van der Waals surface area (Å²) in [4.78, 5) is 26.0. The van der Waals surface area contributed by atoms with Gasteiger partial charge in [0.25, 0.3) is 0 Å². The molecule has 4 heteroatoms. The van der Waals surface area contributed by atoms with Crippen LogP contribution in [0.5, 0.6) is 0 Å². The number of nitrogens with one attached hydrogen (secondary N) is 1. The predicted molar refractivity (Wildman–Crippen MR) is 67.8 cm³/mol. The Balaban J connectivity index is 1.79. The van der Waals surface area contributed by atoms with Gasteiger partial charge in [-0.25, -0.2) is 0 Å². The molecule has 0 aromatic heterocycles. The van der Waals surface area contributed by atoms with Crippen LogP contribution in [-0.2, 0) is 9.59 Å². The Morgan fingerprint density at radius 1 is 1.28 bits per heavy atom. The molecule has 2 aliphatic carbocycles. The molecule has 0 radical (unpaired) electrons. The van der Waals surface area contributed by atoms with Gasteiger partial charge in [0.2, 0.25) is 11.8 Å². The lowest BCUT2D eigenvalue weighted by Gasteiger charge is -2.44. The Morgan fingerprint density at radius 3 is 2.89 bits per heavy atom. The molecule has 0 aromatic carbocycles. The van der Waals surface area contributed by atoms with Crippen LogP contribution in [-0.4, -0.2) is 35.3 Å². The average Bonchev–Trinajstić information content (AvgIpc) is 2.90. The van der Waals surface area contributed by atoms with Gasteiger partial charge in [-0.2, -0.15) is 0 Å². The lowest BCUT2D eigenvalue weighted by atomic mass is 9.87. The van der Waals surface area contributed by atoms with Crippen LogP contribution in [0.4, 0.5) is 0 Å². The number of rotatable bonds is 1. The van der Waals surface area contributed by atoms with Crippen LogP contribution in [0.2, 0.25) is 0 Å². The zero-order chi connectivity index (χ0) is 12.5. The smallest absolute Gasteiger partial charge is 0.250 e. The highest BCUT2D eigenvalue weighted by Gasteiger charge is 2.39. The van der Waals surface area contributed by atoms with E-state index in [2.05, 4.69) is 5.32 Å². The van der Waals surface area contributed by atoms with Gasteiger partial charge in [-0.3, -0.25) is 9.59 Å². The molecular formula is C14H20N2O2. The third-order valence-electron chi connectivity index (χ3n) is 4.37. The first-order chi connectivity index (χ1) is 8.75. The minimum atomic E-state index is 0.00472. The highest BCUT2D eigenvalue weighted by atomic mass is 16.2. The molecule has 1 heterocycles. The summed E-state index contributed by atoms with van der Waals surface area (Å²) in [5.74, 6) is 0.115. The number of carbonyl (C=O) groups is 2. The molecule has 1 N–H and O–H groups in total. The quantitative estimate of drug-likeness (QED) is 0.762. The number of allylic oxidation sites excluding steroid dienone is 1. The Labute approximate surface area is 107 Å². The van der Waals surface area contributed by atoms with Crippen molar-refractivity contribution in [3.63, 3.8) is 0 Å². The number of hydrogen-bond donors (Lipinski definition) is 1. The van der Waals surface area contributed by atoms with Crippen molar-refractivity contribution in [2.45, 2.75) is 57.0 Å². The standard InChI is InChI=1S/C14H20N2O2/c17-13-9-16(14(18)10-5-1-2-6-10)12-8-4-3-7-11(12)15-13/h5,11-12H,1-4,6-9H2,(H,15,17). The lowest BCUT2D eigenvalue weighted by Crippen LogP contribution is -2.63. The van der Waals surface area contributed by atoms with Crippen molar-refractivity contribution >= 4 is 11.8 Å². The Kier molecular flexibility index (Phi) is 3.10. The van der Waals surface area contributed by atoms with E-state index in [1.165, 1.54) is 6.42 Å². The molecule has 2 amide bonds. The molecule has 0 aromatic rings. The normalized spacial score (nSPS) is 31.7. The summed E-state index contributed by atoms with van der Waals surface area (Å²) in [6.07, 6.45) is 9.39. The lowest BCUT2D eigenvalue weighted by molar-refractivity contribution is -0.141. The van der Waals surface area contributed by atoms with Crippen molar-refractivity contribution in [3.05, 3.63) is 11.6 Å². The highest BCUT2D eigenvalue weighted by molar-refractivity contribution is 5.97. The summed E-state index contributed by atoms with van der Waals surface area (Å²) in [7, 11) is 0. The topological polar surface area (TPSA) is 49.4 Å². The summed E-state index contributed by atoms with van der Waals surface area (Å²) < 4.78 is 0. The largest absolute Gasteiger partial charge is 0.350 e. The Morgan fingerprint density at radius 2 is 2.11 bits per heavy atom. The van der Waals surface area contributed by atoms with Gasteiger partial charge in [0.05, 0.1) is 6.04 Å². The third-order valence-corrected chi connectivity index (χ3v) is 4.37. The maximum absolute atomic E-state index is 12.5. The van der Waals surface area contributed by atoms with Crippen molar-refractivity contribution in [1.29, 1.82) is 0 Å². The van der Waals surface area contributed by atoms with Gasteiger partial charge in [-0.1, -0.05) is 18.9 Å². The molecule has 2 unspecified atom stereocenters. The SMILES string of the molecule is O=C1CN(C(=O)C2=CCCC2)C2CCCCC2N1. The zero-order valence-electron chi connectivity index (χ0n) is 10.7. The molecule has 2 fully saturated rings. The second-order valence-electron chi connectivity index (χ2n) is 5.58. The maximum atomic E-state index is 12.5. The fourth-order valence-electron chi connectivity index (χ4n) is 3.45. The molecule has 98 valence electrons. The van der Waals surface area contributed by atoms with E-state index in [1.807, 2.05) is 11.0 Å². The van der Waals surface area contributed by atoms with Crippen LogP contribution in [0, 0.1) is 0 Å². The second-order valence-corrected chi connectivity index (χ2v) is 5.58. The van der Waals surface area contributed by atoms with Gasteiger partial charge in [0.15, 0.2) is 0 Å². The van der Waals surface area contributed by atoms with Gasteiger partial charge >= 0.3 is 0 Å². The summed E-state index contributed by atoms with van der Waals surface area (Å²) >= 11 is 0. The van der Waals surface area contributed by atoms with E-state index in [4.69, 9.17) is 0 Å². The van der Waals surface area contributed by atoms with E-state index in [0.717, 1.165) is 44.1 Å². The molecular weight excluding hydrogens is 228 g/mol. The Bertz CT molecular complexity index is 403. The average molecular weight is 248 g/mol. The fraction of sp³-hybridized carbons (Fsp3) is 0.714. The van der Waals surface area contributed by atoms with Crippen molar-refractivity contribution in [1.82, 2.24) is 10.2 Å². The van der Waals surface area contributed by atoms with Gasteiger partial charge in [0, 0.05) is 11.6 Å². The fourth-order valence-corrected chi connectivity index (χ4v) is 3.45. The molecule has 18 heavy (non-hydrogen) atoms. The minimum absolute atomic E-state index is 0.00472. The Hall–Kier alpha value is -1.32. The molecule has 2 atom stereocenters. The van der Waals surface area contributed by atoms with Crippen LogP contribution in [0.15, 0.2) is 11.6 Å². The first-order valence-corrected chi connectivity index (χ1v) is 7.05. The molecule has 1 aliphatic heterocycles. The molecule has 1 saturated carbocycles. The van der Waals surface area contributed by atoms with Gasteiger partial charge in [-0.15, -0.1) is 0 Å². The van der Waals surface area contributed by atoms with E-state index in [0.29, 0.717) is 0 Å².